The maximum absolute atomic E-state index is 11.4. The van der Waals surface area contributed by atoms with Gasteiger partial charge in [0.2, 0.25) is 6.23 Å². The van der Waals surface area contributed by atoms with Crippen LogP contribution in [0.3, 0.4) is 0 Å². The lowest BCUT2D eigenvalue weighted by Crippen LogP contribution is -3.00. The van der Waals surface area contributed by atoms with Crippen molar-refractivity contribution in [2.24, 2.45) is 0 Å². The van der Waals surface area contributed by atoms with Crippen LogP contribution in [0.25, 0.3) is 0 Å². The van der Waals surface area contributed by atoms with E-state index < -0.39 is 0 Å². The van der Waals surface area contributed by atoms with E-state index in [9.17, 15) is 4.79 Å². The molecule has 0 bridgehead atoms. The highest BCUT2D eigenvalue weighted by molar-refractivity contribution is 5.81. The number of carbonyl (C=O) groups is 1. The number of benzene rings is 1. The quantitative estimate of drug-likeness (QED) is 0.218. The molecule has 0 spiro atoms. The zero-order valence-electron chi connectivity index (χ0n) is 12.5. The zero-order chi connectivity index (χ0) is 14.3. The summed E-state index contributed by atoms with van der Waals surface area (Å²) < 4.78 is 6.11. The molecule has 1 aromatic rings. The Morgan fingerprint density at radius 1 is 1.35 bits per heavy atom. The van der Waals surface area contributed by atoms with Crippen molar-refractivity contribution < 1.29 is 38.0 Å². The second-order valence-corrected chi connectivity index (χ2v) is 5.31. The average Bonchev–Trinajstić information content (AvgIpc) is 2.38. The summed E-state index contributed by atoms with van der Waals surface area (Å²) in [6.07, 6.45) is 2.91. The van der Waals surface area contributed by atoms with E-state index in [-0.39, 0.29) is 36.2 Å². The summed E-state index contributed by atoms with van der Waals surface area (Å²) >= 11 is 0. The summed E-state index contributed by atoms with van der Waals surface area (Å²) in [5.41, 5.74) is 1.24. The van der Waals surface area contributed by atoms with Gasteiger partial charge < -0.3 is 28.7 Å². The summed E-state index contributed by atoms with van der Waals surface area (Å²) in [6, 6.07) is 10.3. The highest BCUT2D eigenvalue weighted by Gasteiger charge is 2.30. The van der Waals surface area contributed by atoms with Crippen LogP contribution in [0.15, 0.2) is 43.0 Å². The zero-order valence-corrected chi connectivity index (χ0v) is 14.7. The van der Waals surface area contributed by atoms with Crippen molar-refractivity contribution in [2.75, 3.05) is 14.1 Å². The summed E-state index contributed by atoms with van der Waals surface area (Å²) in [5.74, 6) is -0.349. The largest absolute Gasteiger partial charge is 1.00 e. The van der Waals surface area contributed by atoms with E-state index >= 15 is 0 Å². The number of nitrogens with zero attached hydrogens (tertiary/aromatic N) is 1. The Bertz CT molecular complexity index is 418. The Morgan fingerprint density at radius 3 is 2.45 bits per heavy atom. The van der Waals surface area contributed by atoms with Crippen LogP contribution >= 0.6 is 0 Å². The SMILES string of the molecule is C=CC(=O)OC(CCC)[N+](C)(C)Cc1ccccc1.[I-]. The number of carbonyl (C=O) groups excluding carboxylic acids is 1. The number of esters is 1. The predicted octanol–water partition coefficient (Wildman–Crippen LogP) is 0.122. The number of ether oxygens (including phenoxy) is 1. The fourth-order valence-corrected chi connectivity index (χ4v) is 2.14. The van der Waals surface area contributed by atoms with Gasteiger partial charge in [-0.2, -0.15) is 0 Å². The molecule has 0 N–H and O–H groups in total. The minimum absolute atomic E-state index is 0. The highest BCUT2D eigenvalue weighted by atomic mass is 127. The normalized spacial score (nSPS) is 12.2. The van der Waals surface area contributed by atoms with Crippen LogP contribution in [-0.2, 0) is 16.1 Å². The second-order valence-electron chi connectivity index (χ2n) is 5.31. The Balaban J connectivity index is 0.00000361. The number of quaternary nitrogens is 1. The molecule has 1 aromatic carbocycles. The summed E-state index contributed by atoms with van der Waals surface area (Å²) in [7, 11) is 4.17. The molecule has 0 aliphatic rings. The van der Waals surface area contributed by atoms with Crippen LogP contribution in [-0.4, -0.2) is 30.8 Å². The molecule has 112 valence electrons. The van der Waals surface area contributed by atoms with Gasteiger partial charge in [-0.25, -0.2) is 4.79 Å². The molecule has 1 rings (SSSR count). The van der Waals surface area contributed by atoms with Gasteiger partial charge in [-0.15, -0.1) is 0 Å². The molecule has 0 heterocycles. The van der Waals surface area contributed by atoms with Gasteiger partial charge in [0.15, 0.2) is 0 Å². The van der Waals surface area contributed by atoms with Gasteiger partial charge >= 0.3 is 5.97 Å². The van der Waals surface area contributed by atoms with E-state index in [2.05, 4.69) is 39.7 Å². The third kappa shape index (κ3) is 6.05. The lowest BCUT2D eigenvalue weighted by molar-refractivity contribution is -0.947. The van der Waals surface area contributed by atoms with Crippen molar-refractivity contribution in [3.8, 4) is 0 Å². The maximum atomic E-state index is 11.4. The van der Waals surface area contributed by atoms with Crippen molar-refractivity contribution in [3.63, 3.8) is 0 Å². The number of hydrogen-bond acceptors (Lipinski definition) is 2. The van der Waals surface area contributed by atoms with Gasteiger partial charge in [-0.05, 0) is 6.42 Å². The fourth-order valence-electron chi connectivity index (χ4n) is 2.14. The van der Waals surface area contributed by atoms with Crippen LogP contribution < -0.4 is 24.0 Å². The number of hydrogen-bond donors (Lipinski definition) is 0. The Hall–Kier alpha value is -0.880. The first-order valence-corrected chi connectivity index (χ1v) is 6.69. The van der Waals surface area contributed by atoms with Gasteiger partial charge in [0, 0.05) is 18.1 Å². The van der Waals surface area contributed by atoms with Gasteiger partial charge in [0.25, 0.3) is 0 Å². The Morgan fingerprint density at radius 2 is 1.95 bits per heavy atom. The predicted molar refractivity (Wildman–Crippen MR) is 77.2 cm³/mol. The van der Waals surface area contributed by atoms with Crippen molar-refractivity contribution in [1.29, 1.82) is 0 Å². The summed E-state index contributed by atoms with van der Waals surface area (Å²) in [5, 5.41) is 0. The van der Waals surface area contributed by atoms with Crippen molar-refractivity contribution >= 4 is 5.97 Å². The smallest absolute Gasteiger partial charge is 0.334 e. The number of rotatable bonds is 7. The third-order valence-electron chi connectivity index (χ3n) is 3.17. The monoisotopic (exact) mass is 389 g/mol. The van der Waals surface area contributed by atoms with Crippen molar-refractivity contribution in [1.82, 2.24) is 0 Å². The van der Waals surface area contributed by atoms with Gasteiger partial charge in [0.05, 0.1) is 14.1 Å². The fraction of sp³-hybridized carbons (Fsp3) is 0.438. The standard InChI is InChI=1S/C16H24NO2.HI/c1-5-10-15(19-16(18)6-2)17(3,4)13-14-11-8-7-9-12-14;/h6-9,11-12,15H,2,5,10,13H2,1,3-4H3;1H/q+1;/p-1. The van der Waals surface area contributed by atoms with Gasteiger partial charge in [-0.1, -0.05) is 43.8 Å². The molecule has 0 aliphatic carbocycles. The van der Waals surface area contributed by atoms with E-state index in [4.69, 9.17) is 4.74 Å². The first-order valence-electron chi connectivity index (χ1n) is 6.69. The maximum Gasteiger partial charge on any atom is 0.334 e. The van der Waals surface area contributed by atoms with Crippen LogP contribution in [0, 0.1) is 0 Å². The number of halogens is 1. The lowest BCUT2D eigenvalue weighted by atomic mass is 10.1. The Kier molecular flexibility index (Phi) is 8.73. The first kappa shape index (κ1) is 19.1. The minimum atomic E-state index is -0.349. The molecule has 3 nitrogen and oxygen atoms in total. The van der Waals surface area contributed by atoms with E-state index in [1.807, 2.05) is 18.2 Å². The molecule has 4 heteroatoms. The summed E-state index contributed by atoms with van der Waals surface area (Å²) in [6.45, 7) is 6.38. The van der Waals surface area contributed by atoms with Crippen LogP contribution in [0.2, 0.25) is 0 Å². The molecule has 20 heavy (non-hydrogen) atoms. The first-order chi connectivity index (χ1) is 8.99. The van der Waals surface area contributed by atoms with E-state index in [1.165, 1.54) is 11.6 Å². The molecular formula is C16H24INO2. The molecule has 0 aliphatic heterocycles. The molecule has 0 radical (unpaired) electrons. The van der Waals surface area contributed by atoms with Gasteiger partial charge in [-0.3, -0.25) is 4.48 Å². The lowest BCUT2D eigenvalue weighted by Gasteiger charge is -2.36. The molecule has 1 atom stereocenters. The van der Waals surface area contributed by atoms with E-state index in [0.29, 0.717) is 4.48 Å². The van der Waals surface area contributed by atoms with Crippen LogP contribution in [0.1, 0.15) is 25.3 Å². The summed E-state index contributed by atoms with van der Waals surface area (Å²) in [4.78, 5) is 11.4. The molecular weight excluding hydrogens is 365 g/mol. The topological polar surface area (TPSA) is 26.3 Å². The highest BCUT2D eigenvalue weighted by Crippen LogP contribution is 2.19. The van der Waals surface area contributed by atoms with Crippen LogP contribution in [0.4, 0.5) is 0 Å². The van der Waals surface area contributed by atoms with E-state index in [1.54, 1.807) is 0 Å². The molecule has 1 unspecified atom stereocenters. The third-order valence-corrected chi connectivity index (χ3v) is 3.17. The average molecular weight is 389 g/mol. The molecule has 0 saturated carbocycles. The van der Waals surface area contributed by atoms with Crippen LogP contribution in [0.5, 0.6) is 0 Å². The van der Waals surface area contributed by atoms with Crippen molar-refractivity contribution in [2.45, 2.75) is 32.5 Å². The molecule has 0 amide bonds. The minimum Gasteiger partial charge on any atom is -1.00 e. The van der Waals surface area contributed by atoms with Crippen molar-refractivity contribution in [3.05, 3.63) is 48.6 Å². The molecule has 0 saturated heterocycles. The molecule has 0 fully saturated rings. The second kappa shape index (κ2) is 9.13. The molecule has 0 aromatic heterocycles. The van der Waals surface area contributed by atoms with Gasteiger partial charge in [0.1, 0.15) is 6.54 Å². The van der Waals surface area contributed by atoms with E-state index in [0.717, 1.165) is 19.4 Å². The Labute approximate surface area is 139 Å².